The maximum absolute atomic E-state index is 14.1. The third-order valence-electron chi connectivity index (χ3n) is 8.27. The predicted octanol–water partition coefficient (Wildman–Crippen LogP) is 6.82. The van der Waals surface area contributed by atoms with Crippen molar-refractivity contribution in [3.05, 3.63) is 94.7 Å². The normalized spacial score (nSPS) is 19.5. The Hall–Kier alpha value is -4.59. The Morgan fingerprint density at radius 1 is 0.818 bits per heavy atom. The topological polar surface area (TPSA) is 92.7 Å². The van der Waals surface area contributed by atoms with E-state index in [0.29, 0.717) is 53.7 Å². The minimum atomic E-state index is -0.610. The van der Waals surface area contributed by atoms with E-state index in [0.717, 1.165) is 28.8 Å². The zero-order chi connectivity index (χ0) is 31.2. The largest absolute Gasteiger partial charge is 0.493 e. The molecule has 8 nitrogen and oxygen atoms in total. The summed E-state index contributed by atoms with van der Waals surface area (Å²) < 4.78 is 28.3. The van der Waals surface area contributed by atoms with E-state index in [1.807, 2.05) is 80.6 Å². The lowest BCUT2D eigenvalue weighted by Gasteiger charge is -2.38. The van der Waals surface area contributed by atoms with Crippen LogP contribution in [0.4, 0.5) is 0 Å². The standard InChI is InChI=1S/C36H39NO7/c1-6-16-43-30-15-13-25(20-32(30)42-5)34-33(36(39)44-21-23-10-8-7-9-11-23)22(2)37-27-17-26(18-28(38)35(27)34)24-12-14-29(40-3)31(19-24)41-4/h7-15,19-20,26,34-35H,6,16-18,21H2,1-5H3/t26-,34+,35?/m1/s1. The lowest BCUT2D eigenvalue weighted by molar-refractivity contribution is -0.140. The van der Waals surface area contributed by atoms with E-state index in [1.165, 1.54) is 0 Å². The van der Waals surface area contributed by atoms with E-state index < -0.39 is 17.8 Å². The quantitative estimate of drug-likeness (QED) is 0.224. The zero-order valence-corrected chi connectivity index (χ0v) is 25.9. The van der Waals surface area contributed by atoms with Gasteiger partial charge in [0.2, 0.25) is 0 Å². The lowest BCUT2D eigenvalue weighted by atomic mass is 9.66. The van der Waals surface area contributed by atoms with Crippen LogP contribution in [0.3, 0.4) is 0 Å². The van der Waals surface area contributed by atoms with Crippen molar-refractivity contribution in [2.45, 2.75) is 51.6 Å². The molecule has 8 heteroatoms. The summed E-state index contributed by atoms with van der Waals surface area (Å²) in [6.07, 6.45) is 1.72. The summed E-state index contributed by atoms with van der Waals surface area (Å²) in [6, 6.07) is 20.9. The number of rotatable bonds is 11. The molecule has 2 aliphatic rings. The van der Waals surface area contributed by atoms with Crippen molar-refractivity contribution in [3.63, 3.8) is 0 Å². The summed E-state index contributed by atoms with van der Waals surface area (Å²) in [5.41, 5.74) is 4.31. The molecule has 0 aromatic heterocycles. The van der Waals surface area contributed by atoms with Gasteiger partial charge >= 0.3 is 5.97 Å². The molecule has 230 valence electrons. The van der Waals surface area contributed by atoms with Crippen LogP contribution in [0, 0.1) is 5.92 Å². The number of aliphatic imine (C=N–C) groups is 1. The van der Waals surface area contributed by atoms with Gasteiger partial charge in [-0.05, 0) is 66.6 Å². The molecular weight excluding hydrogens is 558 g/mol. The van der Waals surface area contributed by atoms with Crippen LogP contribution in [-0.4, -0.2) is 45.4 Å². The van der Waals surface area contributed by atoms with Crippen molar-refractivity contribution in [2.75, 3.05) is 27.9 Å². The number of benzene rings is 3. The smallest absolute Gasteiger partial charge is 0.336 e. The molecule has 1 aliphatic carbocycles. The minimum absolute atomic E-state index is 0.0194. The van der Waals surface area contributed by atoms with Gasteiger partial charge < -0.3 is 23.7 Å². The van der Waals surface area contributed by atoms with E-state index in [1.54, 1.807) is 21.3 Å². The Morgan fingerprint density at radius 2 is 1.48 bits per heavy atom. The number of allylic oxidation sites excluding steroid dienone is 1. The molecule has 0 spiro atoms. The molecule has 44 heavy (non-hydrogen) atoms. The van der Waals surface area contributed by atoms with E-state index >= 15 is 0 Å². The third-order valence-corrected chi connectivity index (χ3v) is 8.27. The highest BCUT2D eigenvalue weighted by Crippen LogP contribution is 2.48. The molecule has 0 amide bonds. The Bertz CT molecular complexity index is 1580. The summed E-state index contributed by atoms with van der Waals surface area (Å²) in [4.78, 5) is 32.8. The third kappa shape index (κ3) is 6.34. The number of carbonyl (C=O) groups is 2. The Kier molecular flexibility index (Phi) is 9.68. The second kappa shape index (κ2) is 13.8. The number of fused-ring (bicyclic) bond motifs is 1. The molecule has 3 aromatic rings. The molecule has 0 saturated heterocycles. The van der Waals surface area contributed by atoms with Gasteiger partial charge in [-0.25, -0.2) is 4.79 Å². The highest BCUT2D eigenvalue weighted by atomic mass is 16.5. The van der Waals surface area contributed by atoms with Gasteiger partial charge in [0, 0.05) is 23.7 Å². The van der Waals surface area contributed by atoms with Gasteiger partial charge in [-0.15, -0.1) is 0 Å². The van der Waals surface area contributed by atoms with Gasteiger partial charge in [-0.3, -0.25) is 9.79 Å². The second-order valence-electron chi connectivity index (χ2n) is 11.1. The van der Waals surface area contributed by atoms with Crippen LogP contribution >= 0.6 is 0 Å². The zero-order valence-electron chi connectivity index (χ0n) is 25.9. The summed E-state index contributed by atoms with van der Waals surface area (Å²) in [5.74, 6) is 0.646. The second-order valence-corrected chi connectivity index (χ2v) is 11.1. The number of hydrogen-bond acceptors (Lipinski definition) is 8. The van der Waals surface area contributed by atoms with Crippen molar-refractivity contribution in [3.8, 4) is 23.0 Å². The first-order valence-electron chi connectivity index (χ1n) is 14.9. The molecule has 1 aliphatic heterocycles. The van der Waals surface area contributed by atoms with Gasteiger partial charge in [0.25, 0.3) is 0 Å². The van der Waals surface area contributed by atoms with E-state index in [4.69, 9.17) is 28.7 Å². The van der Waals surface area contributed by atoms with E-state index in [9.17, 15) is 9.59 Å². The van der Waals surface area contributed by atoms with Crippen LogP contribution in [-0.2, 0) is 20.9 Å². The van der Waals surface area contributed by atoms with Gasteiger partial charge in [-0.2, -0.15) is 0 Å². The molecule has 1 unspecified atom stereocenters. The number of esters is 1. The van der Waals surface area contributed by atoms with Gasteiger partial charge in [0.1, 0.15) is 12.4 Å². The van der Waals surface area contributed by atoms with Crippen molar-refractivity contribution in [1.29, 1.82) is 0 Å². The van der Waals surface area contributed by atoms with E-state index in [-0.39, 0.29) is 18.3 Å². The SMILES string of the molecule is CCCOc1ccc([C@H]2C(C(=O)OCc3ccccc3)=C(C)N=C3C[C@@H](c4ccc(OC)c(OC)c4)CC(=O)C32)cc1OC. The highest BCUT2D eigenvalue weighted by molar-refractivity contribution is 6.12. The average Bonchev–Trinajstić information content (AvgIpc) is 3.05. The summed E-state index contributed by atoms with van der Waals surface area (Å²) in [7, 11) is 4.78. The average molecular weight is 598 g/mol. The first kappa shape index (κ1) is 30.9. The molecule has 1 heterocycles. The van der Waals surface area contributed by atoms with E-state index in [2.05, 4.69) is 0 Å². The fourth-order valence-electron chi connectivity index (χ4n) is 6.15. The monoisotopic (exact) mass is 597 g/mol. The predicted molar refractivity (Wildman–Crippen MR) is 168 cm³/mol. The van der Waals surface area contributed by atoms with Crippen LogP contribution in [0.5, 0.6) is 23.0 Å². The maximum Gasteiger partial charge on any atom is 0.336 e. The Balaban J connectivity index is 1.54. The van der Waals surface area contributed by atoms with Crippen LogP contribution in [0.1, 0.15) is 61.6 Å². The number of hydrogen-bond donors (Lipinski definition) is 0. The van der Waals surface area contributed by atoms with Gasteiger partial charge in [0.05, 0.1) is 39.4 Å². The highest BCUT2D eigenvalue weighted by Gasteiger charge is 2.46. The molecule has 0 radical (unpaired) electrons. The van der Waals surface area contributed by atoms with Crippen molar-refractivity contribution < 1.29 is 33.3 Å². The van der Waals surface area contributed by atoms with Crippen LogP contribution in [0.2, 0.25) is 0 Å². The molecular formula is C36H39NO7. The molecule has 0 bridgehead atoms. The first-order chi connectivity index (χ1) is 21.4. The Morgan fingerprint density at radius 3 is 2.18 bits per heavy atom. The minimum Gasteiger partial charge on any atom is -0.493 e. The van der Waals surface area contributed by atoms with Gasteiger partial charge in [-0.1, -0.05) is 49.4 Å². The number of ether oxygens (including phenoxy) is 5. The first-order valence-corrected chi connectivity index (χ1v) is 14.9. The molecule has 3 aromatic carbocycles. The fraction of sp³-hybridized carbons (Fsp3) is 0.361. The van der Waals surface area contributed by atoms with Crippen molar-refractivity contribution in [2.24, 2.45) is 10.9 Å². The number of nitrogens with zero attached hydrogens (tertiary/aromatic N) is 1. The van der Waals surface area contributed by atoms with Crippen LogP contribution in [0.15, 0.2) is 83.0 Å². The van der Waals surface area contributed by atoms with Crippen LogP contribution < -0.4 is 18.9 Å². The summed E-state index contributed by atoms with van der Waals surface area (Å²) in [6.45, 7) is 4.52. The van der Waals surface area contributed by atoms with Crippen molar-refractivity contribution >= 4 is 17.5 Å². The number of carbonyl (C=O) groups excluding carboxylic acids is 2. The molecule has 5 rings (SSSR count). The number of methoxy groups -OCH3 is 3. The van der Waals surface area contributed by atoms with Gasteiger partial charge in [0.15, 0.2) is 23.0 Å². The molecule has 0 N–H and O–H groups in total. The summed E-state index contributed by atoms with van der Waals surface area (Å²) >= 11 is 0. The molecule has 3 atom stereocenters. The molecule has 1 fully saturated rings. The van der Waals surface area contributed by atoms with Crippen molar-refractivity contribution in [1.82, 2.24) is 0 Å². The lowest BCUT2D eigenvalue weighted by Crippen LogP contribution is -2.41. The number of Topliss-reactive ketones (excluding diaryl/α,β-unsaturated/α-hetero) is 1. The summed E-state index contributed by atoms with van der Waals surface area (Å²) in [5, 5.41) is 0. The maximum atomic E-state index is 14.1. The molecule has 1 saturated carbocycles. The Labute approximate surface area is 258 Å². The van der Waals surface area contributed by atoms with Crippen LogP contribution in [0.25, 0.3) is 0 Å². The fourth-order valence-corrected chi connectivity index (χ4v) is 6.15. The number of ketones is 1.